The van der Waals surface area contributed by atoms with Crippen molar-refractivity contribution < 1.29 is 28.2 Å². The summed E-state index contributed by atoms with van der Waals surface area (Å²) in [6.07, 6.45) is 2.67. The fourth-order valence-corrected chi connectivity index (χ4v) is 3.69. The third-order valence-corrected chi connectivity index (χ3v) is 5.26. The minimum absolute atomic E-state index is 0.0705. The Labute approximate surface area is 200 Å². The smallest absolute Gasteiger partial charge is 0.330 e. The van der Waals surface area contributed by atoms with Crippen molar-refractivity contribution in [3.05, 3.63) is 102 Å². The van der Waals surface area contributed by atoms with Gasteiger partial charge in [-0.2, -0.15) is 0 Å². The monoisotopic (exact) mass is 473 g/mol. The zero-order chi connectivity index (χ0) is 24.9. The number of ether oxygens (including phenoxy) is 1. The number of nitrogens with one attached hydrogen (secondary N) is 1. The molecule has 0 fully saturated rings. The van der Waals surface area contributed by atoms with Crippen LogP contribution in [-0.4, -0.2) is 23.6 Å². The average molecular weight is 473 g/mol. The summed E-state index contributed by atoms with van der Waals surface area (Å²) in [5.74, 6) is -2.62. The molecule has 0 aliphatic carbocycles. The van der Waals surface area contributed by atoms with Crippen molar-refractivity contribution in [2.75, 3.05) is 11.9 Å². The molecular weight excluding hydrogens is 452 g/mol. The number of amides is 1. The molecule has 4 rings (SSSR count). The standard InChI is InChI=1S/C28H21F2NO4/c1-2-35-27(33)10-8-17-7-9-25(30)26(11-17)31-28(34)24-15-19(12-18-5-3-4-6-23(18)24)20-13-21(29)16-22(32)14-20/h3-16,32H,2H2,1H3,(H,31,34)/b10-8+. The fourth-order valence-electron chi connectivity index (χ4n) is 3.69. The number of phenols is 1. The Kier molecular flexibility index (Phi) is 6.87. The molecule has 4 aromatic rings. The van der Waals surface area contributed by atoms with Crippen LogP contribution in [-0.2, 0) is 9.53 Å². The van der Waals surface area contributed by atoms with Crippen LogP contribution in [0.2, 0.25) is 0 Å². The number of carbonyl (C=O) groups excluding carboxylic acids is 2. The van der Waals surface area contributed by atoms with Crippen LogP contribution >= 0.6 is 0 Å². The molecule has 1 amide bonds. The van der Waals surface area contributed by atoms with Crippen LogP contribution in [0.5, 0.6) is 5.75 Å². The van der Waals surface area contributed by atoms with E-state index in [4.69, 9.17) is 4.74 Å². The van der Waals surface area contributed by atoms with Gasteiger partial charge in [0, 0.05) is 17.7 Å². The summed E-state index contributed by atoms with van der Waals surface area (Å²) in [6.45, 7) is 1.92. The second-order valence-corrected chi connectivity index (χ2v) is 7.72. The van der Waals surface area contributed by atoms with Crippen LogP contribution in [0.25, 0.3) is 28.0 Å². The summed E-state index contributed by atoms with van der Waals surface area (Å²) in [7, 11) is 0. The Morgan fingerprint density at radius 2 is 1.74 bits per heavy atom. The highest BCUT2D eigenvalue weighted by atomic mass is 19.1. The van der Waals surface area contributed by atoms with Gasteiger partial charge in [-0.15, -0.1) is 0 Å². The van der Waals surface area contributed by atoms with Gasteiger partial charge in [-0.1, -0.05) is 30.3 Å². The lowest BCUT2D eigenvalue weighted by Crippen LogP contribution is -2.14. The number of fused-ring (bicyclic) bond motifs is 1. The van der Waals surface area contributed by atoms with Crippen molar-refractivity contribution >= 4 is 34.4 Å². The Hall–Kier alpha value is -4.52. The van der Waals surface area contributed by atoms with Gasteiger partial charge >= 0.3 is 5.97 Å². The number of rotatable bonds is 6. The maximum absolute atomic E-state index is 14.5. The van der Waals surface area contributed by atoms with Gasteiger partial charge < -0.3 is 15.2 Å². The number of esters is 1. The van der Waals surface area contributed by atoms with E-state index in [0.717, 1.165) is 6.07 Å². The molecule has 7 heteroatoms. The highest BCUT2D eigenvalue weighted by Crippen LogP contribution is 2.31. The lowest BCUT2D eigenvalue weighted by molar-refractivity contribution is -0.137. The van der Waals surface area contributed by atoms with E-state index in [9.17, 15) is 23.5 Å². The molecule has 0 spiro atoms. The molecule has 0 atom stereocenters. The average Bonchev–Trinajstić information content (AvgIpc) is 2.83. The molecule has 35 heavy (non-hydrogen) atoms. The molecule has 5 nitrogen and oxygen atoms in total. The SMILES string of the molecule is CCOC(=O)/C=C/c1ccc(F)c(NC(=O)c2cc(-c3cc(O)cc(F)c3)cc3ccccc23)c1. The lowest BCUT2D eigenvalue weighted by Gasteiger charge is -2.13. The predicted molar refractivity (Wildman–Crippen MR) is 131 cm³/mol. The van der Waals surface area contributed by atoms with Crippen molar-refractivity contribution in [1.82, 2.24) is 0 Å². The van der Waals surface area contributed by atoms with Gasteiger partial charge in [0.05, 0.1) is 12.3 Å². The Balaban J connectivity index is 1.71. The minimum atomic E-state index is -0.651. The van der Waals surface area contributed by atoms with E-state index in [-0.39, 0.29) is 23.6 Å². The molecule has 0 aliphatic heterocycles. The lowest BCUT2D eigenvalue weighted by atomic mass is 9.96. The number of benzene rings is 4. The van der Waals surface area contributed by atoms with Gasteiger partial charge in [-0.3, -0.25) is 4.79 Å². The topological polar surface area (TPSA) is 75.6 Å². The van der Waals surface area contributed by atoms with Crippen molar-refractivity contribution in [2.24, 2.45) is 0 Å². The number of halogens is 2. The number of carbonyl (C=O) groups is 2. The summed E-state index contributed by atoms with van der Waals surface area (Å²) in [6, 6.07) is 18.2. The molecule has 4 aromatic carbocycles. The fraction of sp³-hybridized carbons (Fsp3) is 0.0714. The summed E-state index contributed by atoms with van der Waals surface area (Å²) < 4.78 is 33.2. The number of hydrogen-bond donors (Lipinski definition) is 2. The van der Waals surface area contributed by atoms with Crippen LogP contribution in [0.4, 0.5) is 14.5 Å². The van der Waals surface area contributed by atoms with Crippen molar-refractivity contribution in [2.45, 2.75) is 6.92 Å². The third kappa shape index (κ3) is 5.52. The highest BCUT2D eigenvalue weighted by Gasteiger charge is 2.16. The van der Waals surface area contributed by atoms with Crippen LogP contribution < -0.4 is 5.32 Å². The van der Waals surface area contributed by atoms with Gasteiger partial charge in [0.1, 0.15) is 17.4 Å². The summed E-state index contributed by atoms with van der Waals surface area (Å²) >= 11 is 0. The van der Waals surface area contributed by atoms with E-state index >= 15 is 0 Å². The quantitative estimate of drug-likeness (QED) is 0.254. The maximum atomic E-state index is 14.5. The second-order valence-electron chi connectivity index (χ2n) is 7.72. The molecule has 0 radical (unpaired) electrons. The number of hydrogen-bond acceptors (Lipinski definition) is 4. The first-order chi connectivity index (χ1) is 16.8. The normalized spacial score (nSPS) is 11.1. The largest absolute Gasteiger partial charge is 0.508 e. The van der Waals surface area contributed by atoms with Crippen molar-refractivity contribution in [3.8, 4) is 16.9 Å². The van der Waals surface area contributed by atoms with Crippen LogP contribution in [0.3, 0.4) is 0 Å². The van der Waals surface area contributed by atoms with Gasteiger partial charge in [0.2, 0.25) is 0 Å². The van der Waals surface area contributed by atoms with E-state index in [1.165, 1.54) is 42.5 Å². The summed E-state index contributed by atoms with van der Waals surface area (Å²) in [5, 5.41) is 13.7. The first kappa shape index (κ1) is 23.6. The van der Waals surface area contributed by atoms with Gasteiger partial charge in [0.15, 0.2) is 0 Å². The maximum Gasteiger partial charge on any atom is 0.330 e. The molecule has 0 saturated heterocycles. The summed E-state index contributed by atoms with van der Waals surface area (Å²) in [4.78, 5) is 24.8. The zero-order valence-electron chi connectivity index (χ0n) is 18.7. The van der Waals surface area contributed by atoms with E-state index in [1.54, 1.807) is 43.3 Å². The molecule has 176 valence electrons. The van der Waals surface area contributed by atoms with Crippen molar-refractivity contribution in [3.63, 3.8) is 0 Å². The third-order valence-electron chi connectivity index (χ3n) is 5.26. The van der Waals surface area contributed by atoms with Gasteiger partial charge in [-0.05, 0) is 76.9 Å². The van der Waals surface area contributed by atoms with Crippen LogP contribution in [0.1, 0.15) is 22.8 Å². The van der Waals surface area contributed by atoms with E-state index in [1.807, 2.05) is 0 Å². The molecule has 2 N–H and O–H groups in total. The van der Waals surface area contributed by atoms with E-state index in [0.29, 0.717) is 27.5 Å². The minimum Gasteiger partial charge on any atom is -0.508 e. The van der Waals surface area contributed by atoms with Gasteiger partial charge in [-0.25, -0.2) is 13.6 Å². The number of phenolic OH excluding ortho intramolecular Hbond substituents is 1. The van der Waals surface area contributed by atoms with Crippen LogP contribution in [0.15, 0.2) is 78.9 Å². The predicted octanol–water partition coefficient (Wildman–Crippen LogP) is 6.32. The van der Waals surface area contributed by atoms with Crippen LogP contribution in [0, 0.1) is 11.6 Å². The first-order valence-electron chi connectivity index (χ1n) is 10.8. The number of aromatic hydroxyl groups is 1. The Morgan fingerprint density at radius 3 is 2.51 bits per heavy atom. The Morgan fingerprint density at radius 1 is 0.971 bits per heavy atom. The summed E-state index contributed by atoms with van der Waals surface area (Å²) in [5.41, 5.74) is 1.56. The highest BCUT2D eigenvalue weighted by molar-refractivity contribution is 6.14. The second kappa shape index (κ2) is 10.2. The van der Waals surface area contributed by atoms with E-state index in [2.05, 4.69) is 5.32 Å². The molecule has 0 saturated carbocycles. The molecule has 0 heterocycles. The zero-order valence-corrected chi connectivity index (χ0v) is 18.7. The molecule has 0 bridgehead atoms. The number of anilines is 1. The van der Waals surface area contributed by atoms with Crippen molar-refractivity contribution in [1.29, 1.82) is 0 Å². The Bertz CT molecular complexity index is 1440. The molecule has 0 aromatic heterocycles. The first-order valence-corrected chi connectivity index (χ1v) is 10.8. The molecule has 0 aliphatic rings. The van der Waals surface area contributed by atoms with Gasteiger partial charge in [0.25, 0.3) is 5.91 Å². The van der Waals surface area contributed by atoms with E-state index < -0.39 is 23.5 Å². The molecule has 0 unspecified atom stereocenters. The molecular formula is C28H21F2NO4.